The first-order valence-electron chi connectivity index (χ1n) is 10.4. The first-order valence-corrected chi connectivity index (χ1v) is 12.2. The van der Waals surface area contributed by atoms with E-state index in [2.05, 4.69) is 0 Å². The molecule has 2 aliphatic rings. The van der Waals surface area contributed by atoms with Gasteiger partial charge in [-0.3, -0.25) is 4.79 Å². The Balaban J connectivity index is 1.48. The molecular formula is C22H25ClN2O5S. The summed E-state index contributed by atoms with van der Waals surface area (Å²) >= 11 is 6.06. The van der Waals surface area contributed by atoms with Gasteiger partial charge in [0.05, 0.1) is 18.8 Å². The van der Waals surface area contributed by atoms with Gasteiger partial charge in [-0.05, 0) is 50.1 Å². The predicted molar refractivity (Wildman–Crippen MR) is 118 cm³/mol. The van der Waals surface area contributed by atoms with E-state index in [9.17, 15) is 13.2 Å². The fourth-order valence-corrected chi connectivity index (χ4v) is 5.92. The predicted octanol–water partition coefficient (Wildman–Crippen LogP) is 3.57. The number of hydrogen-bond donors (Lipinski definition) is 0. The molecule has 2 aromatic rings. The molecule has 4 rings (SSSR count). The van der Waals surface area contributed by atoms with Crippen molar-refractivity contribution in [2.45, 2.75) is 24.7 Å². The summed E-state index contributed by atoms with van der Waals surface area (Å²) < 4.78 is 39.1. The van der Waals surface area contributed by atoms with Gasteiger partial charge in [0.2, 0.25) is 15.9 Å². The number of carbonyl (C=O) groups is 1. The monoisotopic (exact) mass is 464 g/mol. The number of fused-ring (bicyclic) bond motifs is 1. The molecule has 0 bridgehead atoms. The van der Waals surface area contributed by atoms with Crippen LogP contribution in [0.2, 0.25) is 5.02 Å². The molecule has 7 nitrogen and oxygen atoms in total. The third-order valence-electron chi connectivity index (χ3n) is 5.62. The SMILES string of the molecule is CCOc1ccc(Cl)cc1S(=O)(=O)N1CCC(C(=O)N2CCOc3ccccc32)CC1. The van der Waals surface area contributed by atoms with Gasteiger partial charge in [-0.1, -0.05) is 23.7 Å². The van der Waals surface area contributed by atoms with Gasteiger partial charge in [0.25, 0.3) is 0 Å². The summed E-state index contributed by atoms with van der Waals surface area (Å²) in [6.07, 6.45) is 0.921. The molecule has 0 atom stereocenters. The van der Waals surface area contributed by atoms with Gasteiger partial charge >= 0.3 is 0 Å². The van der Waals surface area contributed by atoms with Gasteiger partial charge in [0, 0.05) is 24.0 Å². The van der Waals surface area contributed by atoms with Crippen LogP contribution in [0.3, 0.4) is 0 Å². The third-order valence-corrected chi connectivity index (χ3v) is 7.78. The molecule has 1 amide bonds. The number of anilines is 1. The lowest BCUT2D eigenvalue weighted by atomic mass is 9.96. The maximum atomic E-state index is 13.3. The van der Waals surface area contributed by atoms with Crippen molar-refractivity contribution in [1.29, 1.82) is 0 Å². The Morgan fingerprint density at radius 3 is 2.65 bits per heavy atom. The Morgan fingerprint density at radius 1 is 1.16 bits per heavy atom. The van der Waals surface area contributed by atoms with Crippen molar-refractivity contribution in [3.63, 3.8) is 0 Å². The van der Waals surface area contributed by atoms with Crippen molar-refractivity contribution in [2.24, 2.45) is 5.92 Å². The minimum Gasteiger partial charge on any atom is -0.492 e. The van der Waals surface area contributed by atoms with Crippen molar-refractivity contribution in [1.82, 2.24) is 4.31 Å². The van der Waals surface area contributed by atoms with Crippen LogP contribution in [0.1, 0.15) is 19.8 Å². The highest BCUT2D eigenvalue weighted by Crippen LogP contribution is 2.35. The zero-order valence-electron chi connectivity index (χ0n) is 17.3. The molecule has 2 aliphatic heterocycles. The van der Waals surface area contributed by atoms with E-state index in [1.165, 1.54) is 10.4 Å². The average molecular weight is 465 g/mol. The lowest BCUT2D eigenvalue weighted by Gasteiger charge is -2.35. The Kier molecular flexibility index (Phi) is 6.41. The van der Waals surface area contributed by atoms with E-state index in [0.717, 1.165) is 5.69 Å². The number of amides is 1. The van der Waals surface area contributed by atoms with E-state index in [0.29, 0.717) is 43.4 Å². The minimum absolute atomic E-state index is 0.0190. The summed E-state index contributed by atoms with van der Waals surface area (Å²) in [5.74, 6) is 0.774. The molecule has 166 valence electrons. The normalized spacial score (nSPS) is 17.7. The van der Waals surface area contributed by atoms with Crippen LogP contribution in [0.5, 0.6) is 11.5 Å². The number of carbonyl (C=O) groups excluding carboxylic acids is 1. The van der Waals surface area contributed by atoms with E-state index >= 15 is 0 Å². The average Bonchev–Trinajstić information content (AvgIpc) is 2.79. The third kappa shape index (κ3) is 4.37. The Labute approximate surface area is 187 Å². The highest BCUT2D eigenvalue weighted by molar-refractivity contribution is 7.89. The Hall–Kier alpha value is -2.29. The number of halogens is 1. The molecule has 0 N–H and O–H groups in total. The van der Waals surface area contributed by atoms with Crippen LogP contribution in [-0.4, -0.2) is 51.5 Å². The smallest absolute Gasteiger partial charge is 0.246 e. The van der Waals surface area contributed by atoms with Gasteiger partial charge in [0.15, 0.2) is 0 Å². The first-order chi connectivity index (χ1) is 14.9. The number of rotatable bonds is 5. The quantitative estimate of drug-likeness (QED) is 0.676. The second kappa shape index (κ2) is 9.06. The highest BCUT2D eigenvalue weighted by Gasteiger charge is 2.36. The summed E-state index contributed by atoms with van der Waals surface area (Å²) in [6, 6.07) is 12.1. The van der Waals surface area contributed by atoms with E-state index in [-0.39, 0.29) is 35.6 Å². The highest BCUT2D eigenvalue weighted by atomic mass is 35.5. The maximum absolute atomic E-state index is 13.3. The van der Waals surface area contributed by atoms with Gasteiger partial charge < -0.3 is 14.4 Å². The van der Waals surface area contributed by atoms with Crippen molar-refractivity contribution < 1.29 is 22.7 Å². The van der Waals surface area contributed by atoms with Crippen LogP contribution in [0.25, 0.3) is 0 Å². The van der Waals surface area contributed by atoms with E-state index in [1.54, 1.807) is 24.0 Å². The molecule has 0 aliphatic carbocycles. The fourth-order valence-electron chi connectivity index (χ4n) is 4.06. The van der Waals surface area contributed by atoms with Gasteiger partial charge in [-0.15, -0.1) is 0 Å². The molecule has 31 heavy (non-hydrogen) atoms. The van der Waals surface area contributed by atoms with Crippen LogP contribution >= 0.6 is 11.6 Å². The molecule has 0 spiro atoms. The maximum Gasteiger partial charge on any atom is 0.246 e. The molecule has 9 heteroatoms. The number of piperidine rings is 1. The number of para-hydroxylation sites is 2. The first kappa shape index (κ1) is 21.9. The number of ether oxygens (including phenoxy) is 2. The topological polar surface area (TPSA) is 76.2 Å². The molecule has 0 aromatic heterocycles. The lowest BCUT2D eigenvalue weighted by molar-refractivity contribution is -0.123. The molecule has 0 radical (unpaired) electrons. The largest absolute Gasteiger partial charge is 0.492 e. The number of nitrogens with zero attached hydrogens (tertiary/aromatic N) is 2. The van der Waals surface area contributed by atoms with Crippen molar-refractivity contribution in [2.75, 3.05) is 37.7 Å². The fraction of sp³-hybridized carbons (Fsp3) is 0.409. The van der Waals surface area contributed by atoms with Gasteiger partial charge in [-0.2, -0.15) is 4.31 Å². The molecule has 0 unspecified atom stereocenters. The van der Waals surface area contributed by atoms with E-state index < -0.39 is 10.0 Å². The number of hydrogen-bond acceptors (Lipinski definition) is 5. The number of benzene rings is 2. The number of sulfonamides is 1. The standard InChI is InChI=1S/C22H25ClN2O5S/c1-2-29-20-8-7-17(23)15-21(20)31(27,28)24-11-9-16(10-12-24)22(26)25-13-14-30-19-6-4-3-5-18(19)25/h3-8,15-16H,2,9-14H2,1H3. The van der Waals surface area contributed by atoms with Crippen LogP contribution in [0.4, 0.5) is 5.69 Å². The summed E-state index contributed by atoms with van der Waals surface area (Å²) in [5.41, 5.74) is 0.772. The van der Waals surface area contributed by atoms with E-state index in [1.807, 2.05) is 24.3 Å². The Bertz CT molecular complexity index is 1070. The zero-order valence-corrected chi connectivity index (χ0v) is 18.9. The van der Waals surface area contributed by atoms with Crippen molar-refractivity contribution >= 4 is 33.2 Å². The van der Waals surface area contributed by atoms with Crippen molar-refractivity contribution in [3.05, 3.63) is 47.5 Å². The molecule has 1 saturated heterocycles. The second-order valence-corrected chi connectivity index (χ2v) is 9.85. The summed E-state index contributed by atoms with van der Waals surface area (Å²) in [7, 11) is -3.78. The summed E-state index contributed by atoms with van der Waals surface area (Å²) in [6.45, 7) is 3.62. The minimum atomic E-state index is -3.78. The second-order valence-electron chi connectivity index (χ2n) is 7.51. The van der Waals surface area contributed by atoms with Crippen LogP contribution < -0.4 is 14.4 Å². The van der Waals surface area contributed by atoms with Gasteiger partial charge in [-0.25, -0.2) is 8.42 Å². The lowest BCUT2D eigenvalue weighted by Crippen LogP contribution is -2.46. The molecule has 1 fully saturated rings. The molecular weight excluding hydrogens is 440 g/mol. The van der Waals surface area contributed by atoms with Gasteiger partial charge in [0.1, 0.15) is 23.0 Å². The molecule has 2 aromatic carbocycles. The summed E-state index contributed by atoms with van der Waals surface area (Å²) in [4.78, 5) is 15.0. The molecule has 0 saturated carbocycles. The van der Waals surface area contributed by atoms with Crippen LogP contribution in [0, 0.1) is 5.92 Å². The van der Waals surface area contributed by atoms with E-state index in [4.69, 9.17) is 21.1 Å². The molecule has 2 heterocycles. The summed E-state index contributed by atoms with van der Waals surface area (Å²) in [5, 5.41) is 0.332. The Morgan fingerprint density at radius 2 is 1.90 bits per heavy atom. The zero-order chi connectivity index (χ0) is 22.0. The van der Waals surface area contributed by atoms with Crippen LogP contribution in [-0.2, 0) is 14.8 Å². The van der Waals surface area contributed by atoms with Crippen LogP contribution in [0.15, 0.2) is 47.4 Å². The van der Waals surface area contributed by atoms with Crippen molar-refractivity contribution in [3.8, 4) is 11.5 Å².